The minimum absolute atomic E-state index is 0.0384. The Morgan fingerprint density at radius 3 is 2.50 bits per heavy atom. The number of amides is 1. The largest absolute Gasteiger partial charge is 0.274 e. The highest BCUT2D eigenvalue weighted by molar-refractivity contribution is 7.10. The first kappa shape index (κ1) is 16.7. The van der Waals surface area contributed by atoms with Crippen molar-refractivity contribution in [3.8, 4) is 0 Å². The van der Waals surface area contributed by atoms with Gasteiger partial charge in [-0.15, -0.1) is 11.3 Å². The standard InChI is InChI=1S/C22H20N2OS/c1-2-16-10-12-17(13-11-16)19-15-20(21-9-6-14-26-21)24(23-19)22(25)18-7-4-3-5-8-18/h3-14,20H,2,15H2,1H3/t20-/m1/s1. The molecule has 4 rings (SSSR count). The van der Waals surface area contributed by atoms with Crippen LogP contribution in [-0.4, -0.2) is 16.6 Å². The van der Waals surface area contributed by atoms with Crippen LogP contribution in [0.3, 0.4) is 0 Å². The summed E-state index contributed by atoms with van der Waals surface area (Å²) in [4.78, 5) is 14.2. The van der Waals surface area contributed by atoms with Crippen LogP contribution >= 0.6 is 11.3 Å². The Balaban J connectivity index is 1.69. The average molecular weight is 360 g/mol. The molecule has 0 unspecified atom stereocenters. The molecule has 0 spiro atoms. The molecule has 2 aromatic carbocycles. The number of nitrogens with zero attached hydrogens (tertiary/aromatic N) is 2. The second-order valence-electron chi connectivity index (χ2n) is 6.35. The second kappa shape index (κ2) is 7.26. The molecule has 1 aliphatic rings. The molecule has 2 heterocycles. The van der Waals surface area contributed by atoms with E-state index in [4.69, 9.17) is 5.10 Å². The Morgan fingerprint density at radius 2 is 1.85 bits per heavy atom. The number of carbonyl (C=O) groups is 1. The van der Waals surface area contributed by atoms with Gasteiger partial charge in [0.25, 0.3) is 5.91 Å². The van der Waals surface area contributed by atoms with Crippen molar-refractivity contribution in [3.63, 3.8) is 0 Å². The molecule has 3 aromatic rings. The Morgan fingerprint density at radius 1 is 1.08 bits per heavy atom. The maximum Gasteiger partial charge on any atom is 0.274 e. The molecule has 1 atom stereocenters. The van der Waals surface area contributed by atoms with E-state index in [-0.39, 0.29) is 11.9 Å². The summed E-state index contributed by atoms with van der Waals surface area (Å²) in [6, 6.07) is 22.0. The van der Waals surface area contributed by atoms with Crippen molar-refractivity contribution in [2.24, 2.45) is 5.10 Å². The van der Waals surface area contributed by atoms with Gasteiger partial charge in [0.2, 0.25) is 0 Å². The zero-order valence-electron chi connectivity index (χ0n) is 14.6. The van der Waals surface area contributed by atoms with Crippen LogP contribution in [0.15, 0.2) is 77.2 Å². The zero-order chi connectivity index (χ0) is 17.9. The molecule has 0 aliphatic carbocycles. The predicted octanol–water partition coefficient (Wildman–Crippen LogP) is 5.30. The topological polar surface area (TPSA) is 32.7 Å². The van der Waals surface area contributed by atoms with Crippen molar-refractivity contribution >= 4 is 23.0 Å². The summed E-state index contributed by atoms with van der Waals surface area (Å²) < 4.78 is 0. The van der Waals surface area contributed by atoms with Crippen LogP contribution in [0.2, 0.25) is 0 Å². The average Bonchev–Trinajstić information content (AvgIpc) is 3.38. The number of hydrogen-bond acceptors (Lipinski definition) is 3. The molecule has 4 heteroatoms. The summed E-state index contributed by atoms with van der Waals surface area (Å²) in [5.41, 5.74) is 4.03. The van der Waals surface area contributed by atoms with Crippen LogP contribution in [-0.2, 0) is 6.42 Å². The molecular weight excluding hydrogens is 340 g/mol. The molecule has 26 heavy (non-hydrogen) atoms. The SMILES string of the molecule is CCc1ccc(C2=NN(C(=O)c3ccccc3)[C@@H](c3cccs3)C2)cc1. The minimum atomic E-state index is -0.0517. The Labute approximate surface area is 157 Å². The molecule has 0 bridgehead atoms. The molecule has 130 valence electrons. The van der Waals surface area contributed by atoms with Crippen LogP contribution < -0.4 is 0 Å². The van der Waals surface area contributed by atoms with Gasteiger partial charge in [0.15, 0.2) is 0 Å². The van der Waals surface area contributed by atoms with E-state index in [1.54, 1.807) is 16.3 Å². The third-order valence-electron chi connectivity index (χ3n) is 4.71. The molecular formula is C22H20N2OS. The summed E-state index contributed by atoms with van der Waals surface area (Å²) in [5, 5.41) is 8.44. The molecule has 0 saturated carbocycles. The second-order valence-corrected chi connectivity index (χ2v) is 7.33. The molecule has 0 saturated heterocycles. The van der Waals surface area contributed by atoms with E-state index in [1.165, 1.54) is 10.4 Å². The first-order chi connectivity index (χ1) is 12.8. The van der Waals surface area contributed by atoms with Gasteiger partial charge in [-0.2, -0.15) is 5.10 Å². The van der Waals surface area contributed by atoms with Crippen LogP contribution in [0.1, 0.15) is 45.7 Å². The summed E-state index contributed by atoms with van der Waals surface area (Å²) in [6.45, 7) is 2.15. The minimum Gasteiger partial charge on any atom is -0.267 e. The third kappa shape index (κ3) is 3.20. The molecule has 3 nitrogen and oxygen atoms in total. The van der Waals surface area contributed by atoms with E-state index in [1.807, 2.05) is 36.4 Å². The molecule has 0 radical (unpaired) electrons. The van der Waals surface area contributed by atoms with Crippen molar-refractivity contribution in [1.82, 2.24) is 5.01 Å². The number of rotatable bonds is 4. The normalized spacial score (nSPS) is 16.6. The fraction of sp³-hybridized carbons (Fsp3) is 0.182. The van der Waals surface area contributed by atoms with Gasteiger partial charge in [0.05, 0.1) is 11.8 Å². The molecule has 0 N–H and O–H groups in total. The molecule has 1 aliphatic heterocycles. The zero-order valence-corrected chi connectivity index (χ0v) is 15.4. The van der Waals surface area contributed by atoms with Crippen molar-refractivity contribution in [2.75, 3.05) is 0 Å². The van der Waals surface area contributed by atoms with Gasteiger partial charge in [-0.25, -0.2) is 5.01 Å². The number of hydrogen-bond donors (Lipinski definition) is 0. The molecule has 1 amide bonds. The lowest BCUT2D eigenvalue weighted by atomic mass is 10.0. The van der Waals surface area contributed by atoms with Crippen LogP contribution in [0.5, 0.6) is 0 Å². The maximum absolute atomic E-state index is 13.1. The van der Waals surface area contributed by atoms with Gasteiger partial charge in [0.1, 0.15) is 0 Å². The maximum atomic E-state index is 13.1. The van der Waals surface area contributed by atoms with E-state index in [0.29, 0.717) is 5.56 Å². The Kier molecular flexibility index (Phi) is 4.67. The fourth-order valence-electron chi connectivity index (χ4n) is 3.22. The molecule has 0 fully saturated rings. The van der Waals surface area contributed by atoms with Gasteiger partial charge >= 0.3 is 0 Å². The predicted molar refractivity (Wildman–Crippen MR) is 107 cm³/mol. The highest BCUT2D eigenvalue weighted by atomic mass is 32.1. The van der Waals surface area contributed by atoms with Crippen molar-refractivity contribution in [2.45, 2.75) is 25.8 Å². The van der Waals surface area contributed by atoms with Crippen LogP contribution in [0, 0.1) is 0 Å². The van der Waals surface area contributed by atoms with Gasteiger partial charge in [-0.1, -0.05) is 55.5 Å². The Bertz CT molecular complexity index is 915. The molecule has 1 aromatic heterocycles. The van der Waals surface area contributed by atoms with E-state index in [9.17, 15) is 4.79 Å². The number of aryl methyl sites for hydroxylation is 1. The van der Waals surface area contributed by atoms with Gasteiger partial charge < -0.3 is 0 Å². The summed E-state index contributed by atoms with van der Waals surface area (Å²) in [7, 11) is 0. The van der Waals surface area contributed by atoms with Crippen LogP contribution in [0.25, 0.3) is 0 Å². The summed E-state index contributed by atoms with van der Waals surface area (Å²) >= 11 is 1.67. The summed E-state index contributed by atoms with van der Waals surface area (Å²) in [6.07, 6.45) is 1.76. The van der Waals surface area contributed by atoms with Crippen molar-refractivity contribution < 1.29 is 4.79 Å². The van der Waals surface area contributed by atoms with Crippen LogP contribution in [0.4, 0.5) is 0 Å². The first-order valence-corrected chi connectivity index (χ1v) is 9.73. The van der Waals surface area contributed by atoms with E-state index in [0.717, 1.165) is 24.1 Å². The van der Waals surface area contributed by atoms with E-state index >= 15 is 0 Å². The lowest BCUT2D eigenvalue weighted by molar-refractivity contribution is 0.0714. The highest BCUT2D eigenvalue weighted by Crippen LogP contribution is 2.36. The Hall–Kier alpha value is -2.72. The fourth-order valence-corrected chi connectivity index (χ4v) is 4.03. The number of hydrazone groups is 1. The van der Waals surface area contributed by atoms with E-state index in [2.05, 4.69) is 42.6 Å². The lowest BCUT2D eigenvalue weighted by Gasteiger charge is -2.20. The van der Waals surface area contributed by atoms with Gasteiger partial charge in [-0.05, 0) is 41.1 Å². The highest BCUT2D eigenvalue weighted by Gasteiger charge is 2.34. The van der Waals surface area contributed by atoms with Crippen molar-refractivity contribution in [1.29, 1.82) is 0 Å². The number of thiophene rings is 1. The number of carbonyl (C=O) groups excluding carboxylic acids is 1. The van der Waals surface area contributed by atoms with E-state index < -0.39 is 0 Å². The third-order valence-corrected chi connectivity index (χ3v) is 5.68. The quantitative estimate of drug-likeness (QED) is 0.621. The van der Waals surface area contributed by atoms with Gasteiger partial charge in [0, 0.05) is 16.9 Å². The smallest absolute Gasteiger partial charge is 0.267 e. The number of benzene rings is 2. The summed E-state index contributed by atoms with van der Waals surface area (Å²) in [5.74, 6) is -0.0517. The van der Waals surface area contributed by atoms with Gasteiger partial charge in [-0.3, -0.25) is 4.79 Å². The van der Waals surface area contributed by atoms with Crippen molar-refractivity contribution in [3.05, 3.63) is 93.7 Å². The first-order valence-electron chi connectivity index (χ1n) is 8.85. The lowest BCUT2D eigenvalue weighted by Crippen LogP contribution is -2.26. The monoisotopic (exact) mass is 360 g/mol.